The molecule has 1 aliphatic rings. The van der Waals surface area contributed by atoms with Crippen LogP contribution in [0.2, 0.25) is 0 Å². The Kier molecular flexibility index (Phi) is 4.19. The Morgan fingerprint density at radius 3 is 2.69 bits per heavy atom. The smallest absolute Gasteiger partial charge is 0.0363 e. The molecule has 1 aromatic rings. The number of nitrogens with one attached hydrogen (secondary N) is 2. The lowest BCUT2D eigenvalue weighted by Gasteiger charge is -2.28. The minimum atomic E-state index is 0.710. The summed E-state index contributed by atoms with van der Waals surface area (Å²) in [4.78, 5) is 2.31. The summed E-state index contributed by atoms with van der Waals surface area (Å²) in [6, 6.07) is 11.3. The molecular formula is C13H21N3. The van der Waals surface area contributed by atoms with E-state index in [1.807, 2.05) is 0 Å². The highest BCUT2D eigenvalue weighted by molar-refractivity contribution is 5.44. The normalized spacial score (nSPS) is 15.8. The Hall–Kier alpha value is -1.06. The Labute approximate surface area is 97.8 Å². The maximum atomic E-state index is 3.54. The van der Waals surface area contributed by atoms with E-state index in [0.29, 0.717) is 6.04 Å². The van der Waals surface area contributed by atoms with Crippen molar-refractivity contribution in [3.8, 4) is 0 Å². The predicted molar refractivity (Wildman–Crippen MR) is 69.0 cm³/mol. The van der Waals surface area contributed by atoms with Gasteiger partial charge in [0.1, 0.15) is 0 Å². The van der Waals surface area contributed by atoms with Gasteiger partial charge < -0.3 is 15.5 Å². The SMILES string of the molecule is CN(CCCNC1CNC1)c1ccccc1. The van der Waals surface area contributed by atoms with Gasteiger partial charge in [0.15, 0.2) is 0 Å². The minimum Gasteiger partial charge on any atom is -0.375 e. The Morgan fingerprint density at radius 2 is 2.06 bits per heavy atom. The molecule has 0 radical (unpaired) electrons. The van der Waals surface area contributed by atoms with Crippen LogP contribution >= 0.6 is 0 Å². The van der Waals surface area contributed by atoms with Crippen molar-refractivity contribution in [2.24, 2.45) is 0 Å². The highest BCUT2D eigenvalue weighted by atomic mass is 15.1. The maximum Gasteiger partial charge on any atom is 0.0363 e. The first-order valence-corrected chi connectivity index (χ1v) is 6.06. The summed E-state index contributed by atoms with van der Waals surface area (Å²) in [6.07, 6.45) is 1.20. The van der Waals surface area contributed by atoms with E-state index >= 15 is 0 Å². The number of para-hydroxylation sites is 1. The van der Waals surface area contributed by atoms with Gasteiger partial charge in [0.2, 0.25) is 0 Å². The van der Waals surface area contributed by atoms with Crippen molar-refractivity contribution >= 4 is 5.69 Å². The molecule has 1 saturated heterocycles. The molecule has 2 rings (SSSR count). The van der Waals surface area contributed by atoms with Crippen LogP contribution < -0.4 is 15.5 Å². The molecule has 0 unspecified atom stereocenters. The van der Waals surface area contributed by atoms with Gasteiger partial charge >= 0.3 is 0 Å². The number of rotatable bonds is 6. The fourth-order valence-corrected chi connectivity index (χ4v) is 1.87. The zero-order valence-electron chi connectivity index (χ0n) is 9.95. The Balaban J connectivity index is 1.62. The molecule has 2 N–H and O–H groups in total. The number of benzene rings is 1. The van der Waals surface area contributed by atoms with Crippen LogP contribution in [-0.4, -0.2) is 39.3 Å². The van der Waals surface area contributed by atoms with E-state index in [1.165, 1.54) is 12.1 Å². The molecule has 0 atom stereocenters. The van der Waals surface area contributed by atoms with E-state index < -0.39 is 0 Å². The summed E-state index contributed by atoms with van der Waals surface area (Å²) < 4.78 is 0. The standard InChI is InChI=1S/C13H21N3/c1-16(13-6-3-2-4-7-13)9-5-8-15-12-10-14-11-12/h2-4,6-7,12,14-15H,5,8-11H2,1H3. The zero-order valence-corrected chi connectivity index (χ0v) is 9.95. The van der Waals surface area contributed by atoms with Gasteiger partial charge in [-0.25, -0.2) is 0 Å². The van der Waals surface area contributed by atoms with Crippen LogP contribution in [0.4, 0.5) is 5.69 Å². The van der Waals surface area contributed by atoms with E-state index in [9.17, 15) is 0 Å². The summed E-state index contributed by atoms with van der Waals surface area (Å²) in [5.41, 5.74) is 1.30. The average Bonchev–Trinajstić information content (AvgIpc) is 2.27. The molecule has 0 saturated carbocycles. The molecule has 3 nitrogen and oxygen atoms in total. The summed E-state index contributed by atoms with van der Waals surface area (Å²) in [5.74, 6) is 0. The molecule has 1 aromatic carbocycles. The Morgan fingerprint density at radius 1 is 1.31 bits per heavy atom. The van der Waals surface area contributed by atoms with Gasteiger partial charge in [-0.05, 0) is 25.1 Å². The van der Waals surface area contributed by atoms with Crippen molar-refractivity contribution in [1.29, 1.82) is 0 Å². The third-order valence-corrected chi connectivity index (χ3v) is 3.08. The number of hydrogen-bond donors (Lipinski definition) is 2. The van der Waals surface area contributed by atoms with Crippen molar-refractivity contribution in [2.45, 2.75) is 12.5 Å². The summed E-state index contributed by atoms with van der Waals surface area (Å²) in [7, 11) is 2.15. The second kappa shape index (κ2) is 5.87. The fraction of sp³-hybridized carbons (Fsp3) is 0.538. The van der Waals surface area contributed by atoms with Crippen LogP contribution in [0.3, 0.4) is 0 Å². The predicted octanol–water partition coefficient (Wildman–Crippen LogP) is 1.07. The van der Waals surface area contributed by atoms with Crippen LogP contribution in [0.5, 0.6) is 0 Å². The van der Waals surface area contributed by atoms with Gasteiger partial charge in [-0.1, -0.05) is 18.2 Å². The van der Waals surface area contributed by atoms with Crippen molar-refractivity contribution in [1.82, 2.24) is 10.6 Å². The largest absolute Gasteiger partial charge is 0.375 e. The van der Waals surface area contributed by atoms with Crippen LogP contribution in [0, 0.1) is 0 Å². The number of hydrogen-bond acceptors (Lipinski definition) is 3. The summed E-state index contributed by atoms with van der Waals surface area (Å²) in [5, 5.41) is 6.80. The van der Waals surface area contributed by atoms with E-state index in [1.54, 1.807) is 0 Å². The highest BCUT2D eigenvalue weighted by Gasteiger charge is 2.14. The minimum absolute atomic E-state index is 0.710. The second-order valence-corrected chi connectivity index (χ2v) is 4.42. The molecule has 16 heavy (non-hydrogen) atoms. The molecule has 0 spiro atoms. The van der Waals surface area contributed by atoms with Crippen molar-refractivity contribution in [2.75, 3.05) is 38.1 Å². The highest BCUT2D eigenvalue weighted by Crippen LogP contribution is 2.10. The third kappa shape index (κ3) is 3.22. The van der Waals surface area contributed by atoms with Crippen LogP contribution in [0.1, 0.15) is 6.42 Å². The van der Waals surface area contributed by atoms with Gasteiger partial charge in [0.25, 0.3) is 0 Å². The molecule has 3 heteroatoms. The van der Waals surface area contributed by atoms with Gasteiger partial charge in [-0.15, -0.1) is 0 Å². The lowest BCUT2D eigenvalue weighted by molar-refractivity contribution is 0.366. The number of nitrogens with zero attached hydrogens (tertiary/aromatic N) is 1. The van der Waals surface area contributed by atoms with Gasteiger partial charge in [-0.3, -0.25) is 0 Å². The summed E-state index contributed by atoms with van der Waals surface area (Å²) >= 11 is 0. The van der Waals surface area contributed by atoms with Crippen molar-refractivity contribution < 1.29 is 0 Å². The van der Waals surface area contributed by atoms with Crippen molar-refractivity contribution in [3.63, 3.8) is 0 Å². The van der Waals surface area contributed by atoms with Crippen LogP contribution in [0.25, 0.3) is 0 Å². The fourth-order valence-electron chi connectivity index (χ4n) is 1.87. The zero-order chi connectivity index (χ0) is 11.2. The van der Waals surface area contributed by atoms with E-state index in [4.69, 9.17) is 0 Å². The quantitative estimate of drug-likeness (QED) is 0.701. The molecule has 0 aromatic heterocycles. The third-order valence-electron chi connectivity index (χ3n) is 3.08. The maximum absolute atomic E-state index is 3.54. The molecule has 1 heterocycles. The van der Waals surface area contributed by atoms with Gasteiger partial charge in [0.05, 0.1) is 0 Å². The summed E-state index contributed by atoms with van der Waals surface area (Å²) in [6.45, 7) is 4.49. The molecular weight excluding hydrogens is 198 g/mol. The molecule has 1 fully saturated rings. The van der Waals surface area contributed by atoms with E-state index in [-0.39, 0.29) is 0 Å². The van der Waals surface area contributed by atoms with Gasteiger partial charge in [0, 0.05) is 38.4 Å². The molecule has 1 aliphatic heterocycles. The first-order valence-electron chi connectivity index (χ1n) is 6.06. The lowest BCUT2D eigenvalue weighted by Crippen LogP contribution is -2.55. The Bertz CT molecular complexity index is 295. The monoisotopic (exact) mass is 219 g/mol. The lowest BCUT2D eigenvalue weighted by atomic mass is 10.2. The van der Waals surface area contributed by atoms with Crippen molar-refractivity contribution in [3.05, 3.63) is 30.3 Å². The van der Waals surface area contributed by atoms with Crippen LogP contribution in [0.15, 0.2) is 30.3 Å². The average molecular weight is 219 g/mol. The first-order chi connectivity index (χ1) is 7.86. The topological polar surface area (TPSA) is 27.3 Å². The van der Waals surface area contributed by atoms with E-state index in [0.717, 1.165) is 26.2 Å². The van der Waals surface area contributed by atoms with Gasteiger partial charge in [-0.2, -0.15) is 0 Å². The molecule has 0 aliphatic carbocycles. The second-order valence-electron chi connectivity index (χ2n) is 4.42. The first kappa shape index (κ1) is 11.4. The van der Waals surface area contributed by atoms with E-state index in [2.05, 4.69) is 52.9 Å². The van der Waals surface area contributed by atoms with Crippen LogP contribution in [-0.2, 0) is 0 Å². The molecule has 0 bridgehead atoms. The molecule has 0 amide bonds. The number of anilines is 1. The molecule has 88 valence electrons.